The molecule has 3 aliphatic carbocycles. The Labute approximate surface area is 182 Å². The first-order valence-electron chi connectivity index (χ1n) is 10.7. The van der Waals surface area contributed by atoms with E-state index in [-0.39, 0.29) is 22.2 Å². The molecule has 1 aromatic rings. The van der Waals surface area contributed by atoms with Gasteiger partial charge in [-0.3, -0.25) is 0 Å². The maximum Gasteiger partial charge on any atom is 0.511 e. The highest BCUT2D eigenvalue weighted by atomic mass is 17.2. The Morgan fingerprint density at radius 1 is 1.10 bits per heavy atom. The van der Waals surface area contributed by atoms with Gasteiger partial charge in [-0.1, -0.05) is 50.6 Å². The van der Waals surface area contributed by atoms with Crippen molar-refractivity contribution in [1.82, 2.24) is 5.23 Å². The SMILES string of the molecule is CN1OC(OC2=CC=C3C(C2)C2(CC3(C)C)CC(C)(C)c3ccc(OC(=O)O)cc32)O1. The van der Waals surface area contributed by atoms with Gasteiger partial charge in [0, 0.05) is 18.9 Å². The lowest BCUT2D eigenvalue weighted by molar-refractivity contribution is -0.605. The molecule has 0 aromatic heterocycles. The van der Waals surface area contributed by atoms with Crippen molar-refractivity contribution in [2.45, 2.75) is 64.3 Å². The molecule has 0 bridgehead atoms. The fourth-order valence-corrected chi connectivity index (χ4v) is 6.52. The summed E-state index contributed by atoms with van der Waals surface area (Å²) in [7, 11) is 1.68. The van der Waals surface area contributed by atoms with Crippen LogP contribution < -0.4 is 4.74 Å². The van der Waals surface area contributed by atoms with E-state index in [1.165, 1.54) is 21.9 Å². The molecular formula is C24H29NO6. The molecule has 1 N–H and O–H groups in total. The second kappa shape index (κ2) is 6.58. The quantitative estimate of drug-likeness (QED) is 0.535. The molecule has 2 fully saturated rings. The lowest BCUT2D eigenvalue weighted by Gasteiger charge is -2.38. The van der Waals surface area contributed by atoms with E-state index in [9.17, 15) is 4.79 Å². The number of fused-ring (bicyclic) bond motifs is 4. The van der Waals surface area contributed by atoms with E-state index in [4.69, 9.17) is 24.3 Å². The zero-order valence-electron chi connectivity index (χ0n) is 18.6. The number of hydrogen-bond donors (Lipinski definition) is 1. The number of ether oxygens (including phenoxy) is 2. The molecule has 2 atom stereocenters. The minimum Gasteiger partial charge on any atom is -0.449 e. The monoisotopic (exact) mass is 427 g/mol. The first kappa shape index (κ1) is 20.5. The Morgan fingerprint density at radius 3 is 2.48 bits per heavy atom. The predicted molar refractivity (Wildman–Crippen MR) is 112 cm³/mol. The summed E-state index contributed by atoms with van der Waals surface area (Å²) in [5.41, 5.74) is 3.78. The second-order valence-corrected chi connectivity index (χ2v) is 10.4. The van der Waals surface area contributed by atoms with E-state index in [1.807, 2.05) is 18.2 Å². The number of benzene rings is 1. The number of allylic oxidation sites excluding steroid dienone is 4. The van der Waals surface area contributed by atoms with Gasteiger partial charge >= 0.3 is 12.6 Å². The van der Waals surface area contributed by atoms with E-state index >= 15 is 0 Å². The summed E-state index contributed by atoms with van der Waals surface area (Å²) in [6.45, 7) is 8.44. The van der Waals surface area contributed by atoms with Gasteiger partial charge in [-0.2, -0.15) is 0 Å². The smallest absolute Gasteiger partial charge is 0.449 e. The van der Waals surface area contributed by atoms with Crippen molar-refractivity contribution in [2.75, 3.05) is 7.05 Å². The van der Waals surface area contributed by atoms with Gasteiger partial charge in [0.25, 0.3) is 0 Å². The van der Waals surface area contributed by atoms with Crippen molar-refractivity contribution in [2.24, 2.45) is 11.3 Å². The third-order valence-electron chi connectivity index (χ3n) is 7.37. The van der Waals surface area contributed by atoms with Gasteiger partial charge in [0.15, 0.2) is 0 Å². The summed E-state index contributed by atoms with van der Waals surface area (Å²) in [6, 6.07) is 5.75. The third kappa shape index (κ3) is 3.18. The molecule has 1 aromatic carbocycles. The minimum absolute atomic E-state index is 0.0201. The van der Waals surface area contributed by atoms with Gasteiger partial charge in [-0.15, -0.1) is 0 Å². The zero-order valence-corrected chi connectivity index (χ0v) is 18.6. The number of rotatable bonds is 3. The lowest BCUT2D eigenvalue weighted by atomic mass is 9.68. The summed E-state index contributed by atoms with van der Waals surface area (Å²) in [4.78, 5) is 21.8. The van der Waals surface area contributed by atoms with Crippen LogP contribution in [0.3, 0.4) is 0 Å². The zero-order chi connectivity index (χ0) is 22.2. The van der Waals surface area contributed by atoms with Crippen LogP contribution >= 0.6 is 0 Å². The summed E-state index contributed by atoms with van der Waals surface area (Å²) in [5, 5.41) is 10.4. The van der Waals surface area contributed by atoms with E-state index in [0.717, 1.165) is 25.0 Å². The molecule has 5 rings (SSSR count). The maximum absolute atomic E-state index is 11.2. The van der Waals surface area contributed by atoms with Gasteiger partial charge in [0.05, 0.1) is 0 Å². The van der Waals surface area contributed by atoms with E-state index in [1.54, 1.807) is 13.1 Å². The molecule has 166 valence electrons. The molecule has 0 radical (unpaired) electrons. The minimum atomic E-state index is -1.29. The van der Waals surface area contributed by atoms with Crippen molar-refractivity contribution < 1.29 is 29.0 Å². The number of hydrogen-bond acceptors (Lipinski definition) is 6. The topological polar surface area (TPSA) is 77.5 Å². The summed E-state index contributed by atoms with van der Waals surface area (Å²) in [5.74, 6) is 1.47. The highest BCUT2D eigenvalue weighted by Gasteiger charge is 2.61. The highest BCUT2D eigenvalue weighted by Crippen LogP contribution is 2.67. The Kier molecular flexibility index (Phi) is 4.36. The van der Waals surface area contributed by atoms with Gasteiger partial charge in [-0.05, 0) is 58.9 Å². The second-order valence-electron chi connectivity index (χ2n) is 10.4. The van der Waals surface area contributed by atoms with Crippen LogP contribution in [0.4, 0.5) is 4.79 Å². The van der Waals surface area contributed by atoms with E-state index < -0.39 is 12.6 Å². The molecule has 0 amide bonds. The van der Waals surface area contributed by atoms with Crippen molar-refractivity contribution in [3.05, 3.63) is 52.8 Å². The molecule has 2 unspecified atom stereocenters. The predicted octanol–water partition coefficient (Wildman–Crippen LogP) is 5.03. The van der Waals surface area contributed by atoms with E-state index in [0.29, 0.717) is 5.75 Å². The molecule has 4 aliphatic rings. The highest BCUT2D eigenvalue weighted by molar-refractivity contribution is 5.63. The van der Waals surface area contributed by atoms with Gasteiger partial charge in [-0.25, -0.2) is 14.5 Å². The normalized spacial score (nSPS) is 30.8. The molecule has 1 heterocycles. The van der Waals surface area contributed by atoms with Crippen LogP contribution in [0.15, 0.2) is 41.7 Å². The molecule has 7 nitrogen and oxygen atoms in total. The maximum atomic E-state index is 11.2. The molecule has 1 saturated carbocycles. The largest absolute Gasteiger partial charge is 0.511 e. The summed E-state index contributed by atoms with van der Waals surface area (Å²) < 4.78 is 11.0. The van der Waals surface area contributed by atoms with Crippen LogP contribution in [0.5, 0.6) is 5.75 Å². The average molecular weight is 427 g/mol. The third-order valence-corrected chi connectivity index (χ3v) is 7.37. The molecule has 1 spiro atoms. The fourth-order valence-electron chi connectivity index (χ4n) is 6.52. The van der Waals surface area contributed by atoms with Gasteiger partial charge < -0.3 is 14.6 Å². The van der Waals surface area contributed by atoms with Crippen molar-refractivity contribution >= 4 is 6.16 Å². The molecular weight excluding hydrogens is 398 g/mol. The molecule has 1 saturated heterocycles. The first-order chi connectivity index (χ1) is 14.5. The standard InChI is InChI=1S/C24H29NO6/c1-22(2)12-24(18-10-14(28-20(26)27)6-8-16(18)22)13-23(3,4)17-9-7-15(11-19(17)24)29-21-30-25(5)31-21/h6-10,19,21H,11-13H2,1-5H3,(H,26,27). The van der Waals surface area contributed by atoms with Crippen LogP contribution in [-0.2, 0) is 25.2 Å². The Bertz CT molecular complexity index is 1000. The number of nitrogens with zero attached hydrogens (tertiary/aromatic N) is 1. The van der Waals surface area contributed by atoms with Gasteiger partial charge in [0.2, 0.25) is 0 Å². The molecule has 1 aliphatic heterocycles. The van der Waals surface area contributed by atoms with E-state index in [2.05, 4.69) is 33.8 Å². The fraction of sp³-hybridized carbons (Fsp3) is 0.542. The summed E-state index contributed by atoms with van der Waals surface area (Å²) in [6.07, 6.45) is 5.67. The molecule has 7 heteroatoms. The van der Waals surface area contributed by atoms with Gasteiger partial charge in [0.1, 0.15) is 11.5 Å². The average Bonchev–Trinajstić information content (AvgIpc) is 3.00. The van der Waals surface area contributed by atoms with Crippen molar-refractivity contribution in [1.29, 1.82) is 0 Å². The van der Waals surface area contributed by atoms with Crippen LogP contribution in [0, 0.1) is 11.3 Å². The molecule has 31 heavy (non-hydrogen) atoms. The van der Waals surface area contributed by atoms with Crippen LogP contribution in [0.1, 0.15) is 58.1 Å². The Hall–Kier alpha value is -2.35. The van der Waals surface area contributed by atoms with Crippen LogP contribution in [-0.4, -0.2) is 30.0 Å². The Morgan fingerprint density at radius 2 is 1.81 bits per heavy atom. The van der Waals surface area contributed by atoms with Crippen molar-refractivity contribution in [3.63, 3.8) is 0 Å². The van der Waals surface area contributed by atoms with Crippen LogP contribution in [0.25, 0.3) is 0 Å². The van der Waals surface area contributed by atoms with Crippen LogP contribution in [0.2, 0.25) is 0 Å². The number of carbonyl (C=O) groups is 1. The summed E-state index contributed by atoms with van der Waals surface area (Å²) >= 11 is 0. The number of carboxylic acid groups (broad SMARTS) is 1. The number of hydroxylamine groups is 2. The Balaban J connectivity index is 1.55. The lowest BCUT2D eigenvalue weighted by Crippen LogP contribution is -2.44. The first-order valence-corrected chi connectivity index (χ1v) is 10.7. The van der Waals surface area contributed by atoms with Crippen molar-refractivity contribution in [3.8, 4) is 5.75 Å².